The van der Waals surface area contributed by atoms with Gasteiger partial charge in [0.1, 0.15) is 6.61 Å². The van der Waals surface area contributed by atoms with Crippen LogP contribution in [0.3, 0.4) is 0 Å². The summed E-state index contributed by atoms with van der Waals surface area (Å²) in [6.07, 6.45) is 102. The van der Waals surface area contributed by atoms with E-state index in [0.29, 0.717) is 12.8 Å². The highest BCUT2D eigenvalue weighted by atomic mass is 16.6. The van der Waals surface area contributed by atoms with Crippen molar-refractivity contribution in [3.8, 4) is 0 Å². The summed E-state index contributed by atoms with van der Waals surface area (Å²) in [7, 11) is 0. The van der Waals surface area contributed by atoms with Crippen molar-refractivity contribution in [2.45, 2.75) is 328 Å². The number of aliphatic hydroxyl groups is 1. The van der Waals surface area contributed by atoms with E-state index >= 15 is 0 Å². The molecule has 0 aromatic heterocycles. The van der Waals surface area contributed by atoms with Crippen molar-refractivity contribution < 1.29 is 24.2 Å². The van der Waals surface area contributed by atoms with E-state index in [0.717, 1.165) is 96.3 Å². The largest absolute Gasteiger partial charge is 0.462 e. The highest BCUT2D eigenvalue weighted by Gasteiger charge is 2.16. The number of ether oxygens (including phenoxy) is 2. The molecule has 0 radical (unpaired) electrons. The molecule has 0 aromatic carbocycles. The maximum absolute atomic E-state index is 12.4. The molecule has 0 amide bonds. The van der Waals surface area contributed by atoms with Gasteiger partial charge in [0.15, 0.2) is 6.10 Å². The summed E-state index contributed by atoms with van der Waals surface area (Å²) in [6.45, 7) is 4.05. The summed E-state index contributed by atoms with van der Waals surface area (Å²) in [6, 6.07) is 0. The third kappa shape index (κ3) is 66.8. The molecule has 1 N–H and O–H groups in total. The first-order chi connectivity index (χ1) is 39.6. The highest BCUT2D eigenvalue weighted by molar-refractivity contribution is 5.70. The van der Waals surface area contributed by atoms with Gasteiger partial charge in [-0.15, -0.1) is 0 Å². The molecular weight excluding hydrogens is 981 g/mol. The van der Waals surface area contributed by atoms with Crippen LogP contribution in [0.25, 0.3) is 0 Å². The Hall–Kier alpha value is -3.70. The maximum atomic E-state index is 12.4. The molecule has 0 aliphatic carbocycles. The van der Waals surface area contributed by atoms with Crippen LogP contribution in [-0.4, -0.2) is 36.4 Å². The first-order valence-electron chi connectivity index (χ1n) is 34.1. The van der Waals surface area contributed by atoms with E-state index in [-0.39, 0.29) is 25.2 Å². The molecule has 80 heavy (non-hydrogen) atoms. The molecule has 0 aliphatic heterocycles. The second-order valence-electron chi connectivity index (χ2n) is 22.5. The minimum Gasteiger partial charge on any atom is -0.462 e. The summed E-state index contributed by atoms with van der Waals surface area (Å²) < 4.78 is 10.7. The van der Waals surface area contributed by atoms with Crippen LogP contribution in [0.2, 0.25) is 0 Å². The van der Waals surface area contributed by atoms with Crippen LogP contribution in [0.5, 0.6) is 0 Å². The Bertz CT molecular complexity index is 1590. The molecule has 0 bridgehead atoms. The van der Waals surface area contributed by atoms with Gasteiger partial charge in [-0.1, -0.05) is 322 Å². The molecule has 5 heteroatoms. The van der Waals surface area contributed by atoms with Gasteiger partial charge < -0.3 is 14.6 Å². The van der Waals surface area contributed by atoms with Gasteiger partial charge in [-0.05, 0) is 109 Å². The number of rotatable bonds is 62. The first kappa shape index (κ1) is 76.3. The van der Waals surface area contributed by atoms with Gasteiger partial charge in [-0.25, -0.2) is 0 Å². The van der Waals surface area contributed by atoms with E-state index in [1.54, 1.807) is 0 Å². The summed E-state index contributed by atoms with van der Waals surface area (Å²) >= 11 is 0. The summed E-state index contributed by atoms with van der Waals surface area (Å²) in [5, 5.41) is 9.69. The van der Waals surface area contributed by atoms with Gasteiger partial charge in [-0.2, -0.15) is 0 Å². The molecule has 0 rings (SSSR count). The smallest absolute Gasteiger partial charge is 0.306 e. The van der Waals surface area contributed by atoms with Crippen LogP contribution in [0.15, 0.2) is 122 Å². The van der Waals surface area contributed by atoms with E-state index in [1.165, 1.54) is 199 Å². The number of carbonyl (C=O) groups is 2. The number of aliphatic hydroxyl groups excluding tert-OH is 1. The Balaban J connectivity index is 3.51. The molecule has 0 aliphatic rings. The lowest BCUT2D eigenvalue weighted by Gasteiger charge is -2.15. The highest BCUT2D eigenvalue weighted by Crippen LogP contribution is 2.17. The van der Waals surface area contributed by atoms with Crippen LogP contribution in [-0.2, 0) is 19.1 Å². The van der Waals surface area contributed by atoms with Crippen LogP contribution in [0.1, 0.15) is 322 Å². The number of carbonyl (C=O) groups excluding carboxylic acids is 2. The third-order valence-electron chi connectivity index (χ3n) is 14.7. The van der Waals surface area contributed by atoms with Crippen molar-refractivity contribution >= 4 is 11.9 Å². The van der Waals surface area contributed by atoms with E-state index in [1.807, 2.05) is 0 Å². The predicted octanol–water partition coefficient (Wildman–Crippen LogP) is 23.8. The standard InChI is InChI=1S/C75H128O5/c1-3-5-7-9-11-13-15-17-19-21-23-25-27-29-30-31-32-33-34-35-36-37-38-39-40-41-42-43-44-46-48-50-52-54-56-58-60-62-64-66-68-70-75(78)80-73(71-76)72-79-74(77)69-67-65-63-61-59-57-55-53-51-49-47-45-28-26-24-22-20-18-16-14-12-10-8-6-4-2/h5,7,11,13,17,19,22-25,29-30,32-33,35-36,38-39,41-42,73,76H,3-4,6,8-10,12,14-16,18,20-21,26-28,31,34,37,40,43-72H2,1-2H3/b7-5-,13-11-,19-17-,24-22-,25-23-,30-29-,33-32-,36-35-,39-38-,42-41-. The molecule has 0 saturated heterocycles. The van der Waals surface area contributed by atoms with Gasteiger partial charge in [0.2, 0.25) is 0 Å². The SMILES string of the molecule is CC/C=C\C/C=C\C/C=C\C/C=C\C/C=C\C/C=C\C/C=C\C/C=C\C/C=C\CCCCCCCCCCCCCCCC(=O)OC(CO)COC(=O)CCCCCCCCCCCCCCC/C=C\CCCCCCCCCC. The van der Waals surface area contributed by atoms with E-state index in [9.17, 15) is 14.7 Å². The van der Waals surface area contributed by atoms with E-state index < -0.39 is 6.10 Å². The second-order valence-corrected chi connectivity index (χ2v) is 22.5. The average Bonchev–Trinajstić information content (AvgIpc) is 3.46. The molecule has 0 saturated carbocycles. The quantitative estimate of drug-likeness (QED) is 0.0373. The van der Waals surface area contributed by atoms with E-state index in [4.69, 9.17) is 9.47 Å². The minimum absolute atomic E-state index is 0.0682. The van der Waals surface area contributed by atoms with Gasteiger partial charge in [-0.3, -0.25) is 9.59 Å². The minimum atomic E-state index is -0.779. The van der Waals surface area contributed by atoms with Crippen molar-refractivity contribution in [2.75, 3.05) is 13.2 Å². The molecule has 0 fully saturated rings. The maximum Gasteiger partial charge on any atom is 0.306 e. The molecule has 0 aromatic rings. The summed E-state index contributed by atoms with van der Waals surface area (Å²) in [5.74, 6) is -0.585. The van der Waals surface area contributed by atoms with Crippen molar-refractivity contribution in [2.24, 2.45) is 0 Å². The molecule has 1 atom stereocenters. The zero-order valence-corrected chi connectivity index (χ0v) is 52.6. The van der Waals surface area contributed by atoms with Crippen LogP contribution >= 0.6 is 0 Å². The van der Waals surface area contributed by atoms with Crippen LogP contribution < -0.4 is 0 Å². The lowest BCUT2D eigenvalue weighted by Crippen LogP contribution is -2.28. The topological polar surface area (TPSA) is 72.8 Å². The molecule has 1 unspecified atom stereocenters. The summed E-state index contributed by atoms with van der Waals surface area (Å²) in [5.41, 5.74) is 0. The lowest BCUT2D eigenvalue weighted by atomic mass is 10.0. The zero-order valence-electron chi connectivity index (χ0n) is 52.6. The fourth-order valence-corrected chi connectivity index (χ4v) is 9.66. The van der Waals surface area contributed by atoms with Crippen molar-refractivity contribution in [3.05, 3.63) is 122 Å². The van der Waals surface area contributed by atoms with Crippen LogP contribution in [0, 0.1) is 0 Å². The lowest BCUT2D eigenvalue weighted by molar-refractivity contribution is -0.161. The van der Waals surface area contributed by atoms with Gasteiger partial charge in [0.05, 0.1) is 6.61 Å². The van der Waals surface area contributed by atoms with Crippen molar-refractivity contribution in [1.82, 2.24) is 0 Å². The Morgan fingerprint density at radius 1 is 0.300 bits per heavy atom. The fraction of sp³-hybridized carbons (Fsp3) is 0.707. The normalized spacial score (nSPS) is 13.0. The first-order valence-corrected chi connectivity index (χ1v) is 34.1. The Morgan fingerprint density at radius 3 is 0.825 bits per heavy atom. The molecule has 5 nitrogen and oxygen atoms in total. The third-order valence-corrected chi connectivity index (χ3v) is 14.7. The van der Waals surface area contributed by atoms with Gasteiger partial charge in [0, 0.05) is 12.8 Å². The Morgan fingerprint density at radius 2 is 0.537 bits per heavy atom. The summed E-state index contributed by atoms with van der Waals surface area (Å²) in [4.78, 5) is 24.6. The van der Waals surface area contributed by atoms with Gasteiger partial charge in [0.25, 0.3) is 0 Å². The van der Waals surface area contributed by atoms with E-state index in [2.05, 4.69) is 135 Å². The fourth-order valence-electron chi connectivity index (χ4n) is 9.66. The molecule has 458 valence electrons. The van der Waals surface area contributed by atoms with Crippen molar-refractivity contribution in [1.29, 1.82) is 0 Å². The zero-order chi connectivity index (χ0) is 57.6. The second kappa shape index (κ2) is 69.6. The number of unbranched alkanes of at least 4 members (excludes halogenated alkanes) is 34. The Kier molecular flexibility index (Phi) is 66.4. The molecule has 0 spiro atoms. The monoisotopic (exact) mass is 1110 g/mol. The van der Waals surface area contributed by atoms with Crippen molar-refractivity contribution in [3.63, 3.8) is 0 Å². The number of hydrogen-bond acceptors (Lipinski definition) is 5. The number of esters is 2. The predicted molar refractivity (Wildman–Crippen MR) is 352 cm³/mol. The molecule has 0 heterocycles. The van der Waals surface area contributed by atoms with Gasteiger partial charge >= 0.3 is 11.9 Å². The number of hydrogen-bond donors (Lipinski definition) is 1. The average molecular weight is 1110 g/mol. The molecular formula is C75H128O5. The number of allylic oxidation sites excluding steroid dienone is 20. The van der Waals surface area contributed by atoms with Crippen LogP contribution in [0.4, 0.5) is 0 Å². The Labute approximate surface area is 496 Å².